The van der Waals surface area contributed by atoms with Crippen molar-refractivity contribution in [2.75, 3.05) is 0 Å². The number of nitrogens with one attached hydrogen (secondary N) is 1. The van der Waals surface area contributed by atoms with Gasteiger partial charge in [0.25, 0.3) is 0 Å². The molecule has 0 saturated carbocycles. The molecule has 0 spiro atoms. The number of benzene rings is 1. The molecular weight excluding hydrogens is 270 g/mol. The van der Waals surface area contributed by atoms with Crippen molar-refractivity contribution in [1.82, 2.24) is 5.32 Å². The second-order valence-electron chi connectivity index (χ2n) is 6.24. The highest BCUT2D eigenvalue weighted by atomic mass is 16.6. The first-order valence-electron chi connectivity index (χ1n) is 6.86. The molecule has 5 nitrogen and oxygen atoms in total. The summed E-state index contributed by atoms with van der Waals surface area (Å²) in [7, 11) is 0. The van der Waals surface area contributed by atoms with Gasteiger partial charge in [-0.25, -0.2) is 9.59 Å². The molecule has 21 heavy (non-hydrogen) atoms. The molecule has 0 saturated heterocycles. The fraction of sp³-hybridized carbons (Fsp3) is 0.500. The van der Waals surface area contributed by atoms with Gasteiger partial charge in [-0.05, 0) is 40.2 Å². The van der Waals surface area contributed by atoms with Crippen molar-refractivity contribution in [2.45, 2.75) is 52.7 Å². The summed E-state index contributed by atoms with van der Waals surface area (Å²) in [4.78, 5) is 23.0. The molecule has 0 aliphatic rings. The predicted molar refractivity (Wildman–Crippen MR) is 80.4 cm³/mol. The highest BCUT2D eigenvalue weighted by molar-refractivity contribution is 5.80. The lowest BCUT2D eigenvalue weighted by molar-refractivity contribution is -0.139. The number of carboxylic acids is 1. The van der Waals surface area contributed by atoms with Crippen LogP contribution in [0.1, 0.15) is 37.5 Å². The van der Waals surface area contributed by atoms with Crippen LogP contribution in [0.15, 0.2) is 18.2 Å². The summed E-state index contributed by atoms with van der Waals surface area (Å²) < 4.78 is 5.09. The normalized spacial score (nSPS) is 12.6. The lowest BCUT2D eigenvalue weighted by Gasteiger charge is -2.22. The third kappa shape index (κ3) is 6.29. The molecule has 0 fully saturated rings. The van der Waals surface area contributed by atoms with Crippen molar-refractivity contribution in [3.8, 4) is 0 Å². The Labute approximate surface area is 125 Å². The fourth-order valence-corrected chi connectivity index (χ4v) is 2.07. The van der Waals surface area contributed by atoms with Gasteiger partial charge >= 0.3 is 12.1 Å². The first-order valence-corrected chi connectivity index (χ1v) is 6.86. The van der Waals surface area contributed by atoms with E-state index in [0.29, 0.717) is 0 Å². The van der Waals surface area contributed by atoms with Gasteiger partial charge in [-0.3, -0.25) is 0 Å². The fourth-order valence-electron chi connectivity index (χ4n) is 2.07. The van der Waals surface area contributed by atoms with Crippen LogP contribution in [-0.2, 0) is 16.0 Å². The summed E-state index contributed by atoms with van der Waals surface area (Å²) in [6.07, 6.45) is -0.504. The van der Waals surface area contributed by atoms with Gasteiger partial charge in [-0.2, -0.15) is 0 Å². The summed E-state index contributed by atoms with van der Waals surface area (Å²) in [5, 5.41) is 11.6. The van der Waals surface area contributed by atoms with E-state index in [0.717, 1.165) is 16.7 Å². The molecule has 1 aromatic rings. The van der Waals surface area contributed by atoms with Crippen LogP contribution in [0.2, 0.25) is 0 Å². The Kier molecular flexibility index (Phi) is 5.35. The first kappa shape index (κ1) is 17.0. The van der Waals surface area contributed by atoms with E-state index in [-0.39, 0.29) is 6.42 Å². The summed E-state index contributed by atoms with van der Waals surface area (Å²) >= 11 is 0. The van der Waals surface area contributed by atoms with Gasteiger partial charge in [-0.15, -0.1) is 0 Å². The summed E-state index contributed by atoms with van der Waals surface area (Å²) in [6, 6.07) is 4.83. The van der Waals surface area contributed by atoms with E-state index < -0.39 is 23.7 Å². The number of aryl methyl sites for hydroxylation is 2. The zero-order chi connectivity index (χ0) is 16.2. The number of rotatable bonds is 4. The van der Waals surface area contributed by atoms with E-state index in [4.69, 9.17) is 4.74 Å². The molecule has 0 aliphatic carbocycles. The molecule has 1 aromatic carbocycles. The Morgan fingerprint density at radius 1 is 1.19 bits per heavy atom. The Hall–Kier alpha value is -2.04. The van der Waals surface area contributed by atoms with Gasteiger partial charge in [0.1, 0.15) is 11.6 Å². The maximum absolute atomic E-state index is 11.7. The molecule has 0 heterocycles. The van der Waals surface area contributed by atoms with Crippen LogP contribution >= 0.6 is 0 Å². The van der Waals surface area contributed by atoms with Crippen LogP contribution < -0.4 is 5.32 Å². The average Bonchev–Trinajstić information content (AvgIpc) is 2.23. The number of carbonyl (C=O) groups excluding carboxylic acids is 1. The van der Waals surface area contributed by atoms with Crippen LogP contribution in [0, 0.1) is 13.8 Å². The monoisotopic (exact) mass is 293 g/mol. The third-order valence-corrected chi connectivity index (χ3v) is 2.71. The lowest BCUT2D eigenvalue weighted by Crippen LogP contribution is -2.44. The van der Waals surface area contributed by atoms with Gasteiger partial charge in [0.15, 0.2) is 0 Å². The predicted octanol–water partition coefficient (Wildman–Crippen LogP) is 2.82. The minimum Gasteiger partial charge on any atom is -0.480 e. The number of amides is 1. The van der Waals surface area contributed by atoms with Crippen LogP contribution in [-0.4, -0.2) is 28.8 Å². The zero-order valence-corrected chi connectivity index (χ0v) is 13.2. The second-order valence-corrected chi connectivity index (χ2v) is 6.24. The maximum atomic E-state index is 11.7. The van der Waals surface area contributed by atoms with Gasteiger partial charge < -0.3 is 15.2 Å². The highest BCUT2D eigenvalue weighted by Crippen LogP contribution is 2.12. The topological polar surface area (TPSA) is 75.6 Å². The molecule has 0 bridgehead atoms. The van der Waals surface area contributed by atoms with Crippen molar-refractivity contribution in [2.24, 2.45) is 0 Å². The van der Waals surface area contributed by atoms with Gasteiger partial charge in [0.05, 0.1) is 0 Å². The van der Waals surface area contributed by atoms with Crippen LogP contribution in [0.3, 0.4) is 0 Å². The Morgan fingerprint density at radius 2 is 1.71 bits per heavy atom. The molecule has 0 unspecified atom stereocenters. The van der Waals surface area contributed by atoms with Crippen molar-refractivity contribution < 1.29 is 19.4 Å². The second kappa shape index (κ2) is 6.61. The Balaban J connectivity index is 2.78. The average molecular weight is 293 g/mol. The number of aliphatic carboxylic acids is 1. The standard InChI is InChI=1S/C16H23NO4/c1-10-6-11(2)8-12(7-10)9-13(14(18)19)17-15(20)21-16(3,4)5/h6-8,13H,9H2,1-5H3,(H,17,20)(H,18,19)/t13-/m0/s1. The minimum atomic E-state index is -1.08. The number of alkyl carbamates (subject to hydrolysis) is 1. The largest absolute Gasteiger partial charge is 0.480 e. The van der Waals surface area contributed by atoms with E-state index >= 15 is 0 Å². The first-order chi connectivity index (χ1) is 9.56. The molecule has 1 atom stereocenters. The van der Waals surface area contributed by atoms with E-state index in [1.807, 2.05) is 32.0 Å². The molecular formula is C16H23NO4. The molecule has 0 aliphatic heterocycles. The van der Waals surface area contributed by atoms with Gasteiger partial charge in [0.2, 0.25) is 0 Å². The van der Waals surface area contributed by atoms with E-state index in [1.165, 1.54) is 0 Å². The van der Waals surface area contributed by atoms with Gasteiger partial charge in [0, 0.05) is 6.42 Å². The molecule has 1 amide bonds. The smallest absolute Gasteiger partial charge is 0.408 e. The molecule has 0 radical (unpaired) electrons. The van der Waals surface area contributed by atoms with Crippen molar-refractivity contribution in [3.63, 3.8) is 0 Å². The number of carbonyl (C=O) groups is 2. The Bertz CT molecular complexity index is 511. The highest BCUT2D eigenvalue weighted by Gasteiger charge is 2.24. The van der Waals surface area contributed by atoms with Crippen LogP contribution in [0.5, 0.6) is 0 Å². The minimum absolute atomic E-state index is 0.219. The van der Waals surface area contributed by atoms with Crippen LogP contribution in [0.4, 0.5) is 4.79 Å². The molecule has 2 N–H and O–H groups in total. The quantitative estimate of drug-likeness (QED) is 0.895. The molecule has 1 rings (SSSR count). The van der Waals surface area contributed by atoms with Crippen LogP contribution in [0.25, 0.3) is 0 Å². The summed E-state index contributed by atoms with van der Waals surface area (Å²) in [6.45, 7) is 9.09. The maximum Gasteiger partial charge on any atom is 0.408 e. The van der Waals surface area contributed by atoms with Crippen molar-refractivity contribution in [1.29, 1.82) is 0 Å². The third-order valence-electron chi connectivity index (χ3n) is 2.71. The van der Waals surface area contributed by atoms with Crippen molar-refractivity contribution in [3.05, 3.63) is 34.9 Å². The number of carboxylic acid groups (broad SMARTS) is 1. The summed E-state index contributed by atoms with van der Waals surface area (Å²) in [5.41, 5.74) is 2.33. The number of hydrogen-bond acceptors (Lipinski definition) is 3. The number of ether oxygens (including phenoxy) is 1. The van der Waals surface area contributed by atoms with E-state index in [1.54, 1.807) is 20.8 Å². The SMILES string of the molecule is Cc1cc(C)cc(C[C@H](NC(=O)OC(C)(C)C)C(=O)O)c1. The molecule has 116 valence electrons. The lowest BCUT2D eigenvalue weighted by atomic mass is 10.0. The molecule has 5 heteroatoms. The van der Waals surface area contributed by atoms with E-state index in [2.05, 4.69) is 5.32 Å². The summed E-state index contributed by atoms with van der Waals surface area (Å²) in [5.74, 6) is -1.08. The van der Waals surface area contributed by atoms with E-state index in [9.17, 15) is 14.7 Å². The molecule has 0 aromatic heterocycles. The van der Waals surface area contributed by atoms with Gasteiger partial charge in [-0.1, -0.05) is 29.3 Å². The zero-order valence-electron chi connectivity index (χ0n) is 13.2. The number of hydrogen-bond donors (Lipinski definition) is 2. The van der Waals surface area contributed by atoms with Crippen molar-refractivity contribution >= 4 is 12.1 Å². The Morgan fingerprint density at radius 3 is 2.14 bits per heavy atom.